The lowest BCUT2D eigenvalue weighted by Crippen LogP contribution is -2.13. The standard InChI is InChI=1S/C14H12BrNO3/c15-13-12(7-4-8-16-13)14(17)19-10-9-18-11-5-2-1-3-6-11/h1-8H,9-10H2. The Morgan fingerprint density at radius 3 is 2.63 bits per heavy atom. The molecule has 5 heteroatoms. The van der Waals surface area contributed by atoms with Gasteiger partial charge in [-0.1, -0.05) is 18.2 Å². The maximum Gasteiger partial charge on any atom is 0.341 e. The monoisotopic (exact) mass is 321 g/mol. The summed E-state index contributed by atoms with van der Waals surface area (Å²) in [5.41, 5.74) is 0.405. The summed E-state index contributed by atoms with van der Waals surface area (Å²) in [6.07, 6.45) is 1.60. The van der Waals surface area contributed by atoms with Crippen molar-refractivity contribution in [1.29, 1.82) is 0 Å². The van der Waals surface area contributed by atoms with Gasteiger partial charge in [-0.2, -0.15) is 0 Å². The highest BCUT2D eigenvalue weighted by Gasteiger charge is 2.11. The van der Waals surface area contributed by atoms with E-state index in [0.717, 1.165) is 5.75 Å². The van der Waals surface area contributed by atoms with Crippen LogP contribution >= 0.6 is 15.9 Å². The predicted octanol–water partition coefficient (Wildman–Crippen LogP) is 3.08. The predicted molar refractivity (Wildman–Crippen MR) is 74.2 cm³/mol. The lowest BCUT2D eigenvalue weighted by Gasteiger charge is -2.07. The molecule has 1 aromatic heterocycles. The Hall–Kier alpha value is -1.88. The number of para-hydroxylation sites is 1. The minimum atomic E-state index is -0.420. The quantitative estimate of drug-likeness (QED) is 0.482. The Balaban J connectivity index is 1.77. The first-order chi connectivity index (χ1) is 9.27. The van der Waals surface area contributed by atoms with Crippen molar-refractivity contribution in [1.82, 2.24) is 4.98 Å². The second kappa shape index (κ2) is 6.89. The Labute approximate surface area is 119 Å². The number of nitrogens with zero attached hydrogens (tertiary/aromatic N) is 1. The molecule has 1 heterocycles. The molecular weight excluding hydrogens is 310 g/mol. The van der Waals surface area contributed by atoms with Crippen molar-refractivity contribution in [2.45, 2.75) is 0 Å². The Kier molecular flexibility index (Phi) is 4.92. The molecule has 0 unspecified atom stereocenters. The number of rotatable bonds is 5. The summed E-state index contributed by atoms with van der Waals surface area (Å²) in [5.74, 6) is 0.331. The van der Waals surface area contributed by atoms with Gasteiger partial charge in [0, 0.05) is 6.20 Å². The molecule has 0 radical (unpaired) electrons. The summed E-state index contributed by atoms with van der Waals surface area (Å²) in [4.78, 5) is 15.7. The van der Waals surface area contributed by atoms with Gasteiger partial charge >= 0.3 is 5.97 Å². The van der Waals surface area contributed by atoms with Gasteiger partial charge in [0.05, 0.1) is 5.56 Å². The Morgan fingerprint density at radius 1 is 1.11 bits per heavy atom. The van der Waals surface area contributed by atoms with Crippen LogP contribution in [0.5, 0.6) is 5.75 Å². The van der Waals surface area contributed by atoms with Crippen LogP contribution in [-0.2, 0) is 4.74 Å². The summed E-state index contributed by atoms with van der Waals surface area (Å²) in [6, 6.07) is 12.7. The molecule has 0 N–H and O–H groups in total. The van der Waals surface area contributed by atoms with Gasteiger partial charge in [0.2, 0.25) is 0 Å². The van der Waals surface area contributed by atoms with Crippen molar-refractivity contribution in [2.24, 2.45) is 0 Å². The van der Waals surface area contributed by atoms with E-state index in [1.54, 1.807) is 18.3 Å². The van der Waals surface area contributed by atoms with Crippen molar-refractivity contribution >= 4 is 21.9 Å². The van der Waals surface area contributed by atoms with Crippen molar-refractivity contribution in [2.75, 3.05) is 13.2 Å². The van der Waals surface area contributed by atoms with Crippen LogP contribution in [0.25, 0.3) is 0 Å². The van der Waals surface area contributed by atoms with Gasteiger partial charge in [0.1, 0.15) is 23.6 Å². The summed E-state index contributed by atoms with van der Waals surface area (Å²) >= 11 is 3.20. The molecular formula is C14H12BrNO3. The number of esters is 1. The minimum absolute atomic E-state index is 0.190. The third-order valence-electron chi connectivity index (χ3n) is 2.31. The zero-order chi connectivity index (χ0) is 13.5. The maximum absolute atomic E-state index is 11.7. The lowest BCUT2D eigenvalue weighted by atomic mass is 10.3. The minimum Gasteiger partial charge on any atom is -0.490 e. The molecule has 0 bridgehead atoms. The first-order valence-electron chi connectivity index (χ1n) is 5.73. The van der Waals surface area contributed by atoms with Crippen LogP contribution in [0, 0.1) is 0 Å². The van der Waals surface area contributed by atoms with Gasteiger partial charge in [0.15, 0.2) is 0 Å². The fourth-order valence-electron chi connectivity index (χ4n) is 1.43. The van der Waals surface area contributed by atoms with E-state index in [4.69, 9.17) is 9.47 Å². The highest BCUT2D eigenvalue weighted by atomic mass is 79.9. The third-order valence-corrected chi connectivity index (χ3v) is 2.94. The van der Waals surface area contributed by atoms with Crippen molar-refractivity contribution in [3.63, 3.8) is 0 Å². The van der Waals surface area contributed by atoms with E-state index < -0.39 is 5.97 Å². The van der Waals surface area contributed by atoms with Crippen LogP contribution in [0.4, 0.5) is 0 Å². The maximum atomic E-state index is 11.7. The summed E-state index contributed by atoms with van der Waals surface area (Å²) in [6.45, 7) is 0.503. The van der Waals surface area contributed by atoms with Gasteiger partial charge in [-0.25, -0.2) is 9.78 Å². The van der Waals surface area contributed by atoms with Crippen LogP contribution in [0.15, 0.2) is 53.3 Å². The average Bonchev–Trinajstić information content (AvgIpc) is 2.45. The molecule has 4 nitrogen and oxygen atoms in total. The van der Waals surface area contributed by atoms with Crippen molar-refractivity contribution in [3.8, 4) is 5.75 Å². The average molecular weight is 322 g/mol. The number of carbonyl (C=O) groups is 1. The molecule has 19 heavy (non-hydrogen) atoms. The second-order valence-corrected chi connectivity index (χ2v) is 4.39. The molecule has 0 aliphatic carbocycles. The number of halogens is 1. The number of hydrogen-bond donors (Lipinski definition) is 0. The van der Waals surface area contributed by atoms with Gasteiger partial charge in [0.25, 0.3) is 0 Å². The smallest absolute Gasteiger partial charge is 0.341 e. The van der Waals surface area contributed by atoms with E-state index in [1.807, 2.05) is 30.3 Å². The van der Waals surface area contributed by atoms with E-state index in [1.165, 1.54) is 0 Å². The van der Waals surface area contributed by atoms with Crippen molar-refractivity contribution < 1.29 is 14.3 Å². The zero-order valence-corrected chi connectivity index (χ0v) is 11.7. The van der Waals surface area contributed by atoms with Gasteiger partial charge < -0.3 is 9.47 Å². The van der Waals surface area contributed by atoms with Gasteiger partial charge in [-0.05, 0) is 40.2 Å². The van der Waals surface area contributed by atoms with Gasteiger partial charge in [-0.3, -0.25) is 0 Å². The van der Waals surface area contributed by atoms with E-state index in [-0.39, 0.29) is 6.61 Å². The first kappa shape index (κ1) is 13.5. The highest BCUT2D eigenvalue weighted by Crippen LogP contribution is 2.13. The molecule has 0 atom stereocenters. The largest absolute Gasteiger partial charge is 0.490 e. The SMILES string of the molecule is O=C(OCCOc1ccccc1)c1cccnc1Br. The molecule has 0 saturated heterocycles. The molecule has 1 aromatic carbocycles. The third kappa shape index (κ3) is 4.06. The topological polar surface area (TPSA) is 48.4 Å². The Morgan fingerprint density at radius 2 is 1.89 bits per heavy atom. The lowest BCUT2D eigenvalue weighted by molar-refractivity contribution is 0.0449. The van der Waals surface area contributed by atoms with Gasteiger partial charge in [-0.15, -0.1) is 0 Å². The zero-order valence-electron chi connectivity index (χ0n) is 10.1. The summed E-state index contributed by atoms with van der Waals surface area (Å²) in [7, 11) is 0. The fourth-order valence-corrected chi connectivity index (χ4v) is 1.84. The number of carbonyl (C=O) groups excluding carboxylic acids is 1. The second-order valence-electron chi connectivity index (χ2n) is 3.64. The van der Waals surface area contributed by atoms with Crippen LogP contribution in [-0.4, -0.2) is 24.2 Å². The highest BCUT2D eigenvalue weighted by molar-refractivity contribution is 9.10. The van der Waals surface area contributed by atoms with Crippen LogP contribution in [0.2, 0.25) is 0 Å². The molecule has 2 rings (SSSR count). The summed E-state index contributed by atoms with van der Waals surface area (Å²) in [5, 5.41) is 0. The number of ether oxygens (including phenoxy) is 2. The normalized spacial score (nSPS) is 9.95. The van der Waals surface area contributed by atoms with E-state index >= 15 is 0 Å². The first-order valence-corrected chi connectivity index (χ1v) is 6.52. The molecule has 0 saturated carbocycles. The van der Waals surface area contributed by atoms with Crippen LogP contribution in [0.1, 0.15) is 10.4 Å². The molecule has 2 aromatic rings. The van der Waals surface area contributed by atoms with E-state index in [2.05, 4.69) is 20.9 Å². The number of hydrogen-bond acceptors (Lipinski definition) is 4. The molecule has 0 amide bonds. The van der Waals surface area contributed by atoms with Crippen LogP contribution < -0.4 is 4.74 Å². The van der Waals surface area contributed by atoms with Crippen LogP contribution in [0.3, 0.4) is 0 Å². The number of aromatic nitrogens is 1. The molecule has 0 spiro atoms. The molecule has 0 aliphatic rings. The molecule has 98 valence electrons. The fraction of sp³-hybridized carbons (Fsp3) is 0.143. The summed E-state index contributed by atoms with van der Waals surface area (Å²) < 4.78 is 11.0. The van der Waals surface area contributed by atoms with Crippen molar-refractivity contribution in [3.05, 3.63) is 58.8 Å². The number of benzene rings is 1. The van der Waals surface area contributed by atoms with E-state index in [9.17, 15) is 4.79 Å². The number of pyridine rings is 1. The molecule has 0 fully saturated rings. The van der Waals surface area contributed by atoms with E-state index in [0.29, 0.717) is 16.8 Å². The molecule has 0 aliphatic heterocycles. The Bertz CT molecular complexity index is 545.